The van der Waals surface area contributed by atoms with Crippen LogP contribution in [0.2, 0.25) is 0 Å². The van der Waals surface area contributed by atoms with Crippen LogP contribution in [0.4, 0.5) is 0 Å². The second-order valence-electron chi connectivity index (χ2n) is 4.86. The molecular weight excluding hydrogens is 290 g/mol. The molecule has 0 atom stereocenters. The first-order chi connectivity index (χ1) is 10.0. The van der Waals surface area contributed by atoms with E-state index in [2.05, 4.69) is 9.88 Å². The van der Waals surface area contributed by atoms with Gasteiger partial charge in [-0.15, -0.1) is 0 Å². The highest BCUT2D eigenvalue weighted by atomic mass is 32.2. The maximum atomic E-state index is 10.8. The van der Waals surface area contributed by atoms with E-state index in [9.17, 15) is 4.79 Å². The number of nitrogens with zero attached hydrogens (tertiary/aromatic N) is 3. The van der Waals surface area contributed by atoms with Crippen LogP contribution in [-0.2, 0) is 11.3 Å². The van der Waals surface area contributed by atoms with Gasteiger partial charge < -0.3 is 19.3 Å². The number of carboxylic acids is 1. The van der Waals surface area contributed by atoms with Crippen molar-refractivity contribution in [2.75, 3.05) is 33.5 Å². The number of aromatic nitrogens is 2. The van der Waals surface area contributed by atoms with E-state index in [1.807, 2.05) is 36.9 Å². The Morgan fingerprint density at radius 1 is 1.48 bits per heavy atom. The topological polar surface area (TPSA) is 67.6 Å². The molecular formula is C14H19N3O3S. The second-order valence-corrected chi connectivity index (χ2v) is 5.80. The van der Waals surface area contributed by atoms with Gasteiger partial charge in [0.15, 0.2) is 5.16 Å². The summed E-state index contributed by atoms with van der Waals surface area (Å²) in [6, 6.07) is 5.75. The molecule has 2 rings (SSSR count). The van der Waals surface area contributed by atoms with Crippen LogP contribution in [0.5, 0.6) is 5.75 Å². The van der Waals surface area contributed by atoms with E-state index in [1.165, 1.54) is 11.8 Å². The predicted octanol–water partition coefficient (Wildman–Crippen LogP) is 1.78. The summed E-state index contributed by atoms with van der Waals surface area (Å²) < 4.78 is 7.38. The zero-order chi connectivity index (χ0) is 15.4. The number of carbonyl (C=O) groups is 1. The molecule has 2 aromatic rings. The third kappa shape index (κ3) is 3.68. The van der Waals surface area contributed by atoms with Crippen LogP contribution in [0.1, 0.15) is 0 Å². The van der Waals surface area contributed by atoms with Gasteiger partial charge in [-0.25, -0.2) is 4.98 Å². The third-order valence-corrected chi connectivity index (χ3v) is 3.98. The van der Waals surface area contributed by atoms with Crippen LogP contribution < -0.4 is 4.74 Å². The van der Waals surface area contributed by atoms with Crippen molar-refractivity contribution in [2.24, 2.45) is 0 Å². The van der Waals surface area contributed by atoms with Crippen molar-refractivity contribution in [3.8, 4) is 5.75 Å². The number of benzene rings is 1. The first-order valence-electron chi connectivity index (χ1n) is 6.55. The predicted molar refractivity (Wildman–Crippen MR) is 83.2 cm³/mol. The minimum Gasteiger partial charge on any atom is -0.494 e. The van der Waals surface area contributed by atoms with Crippen LogP contribution in [0, 0.1) is 0 Å². The molecule has 7 heteroatoms. The molecule has 0 aliphatic rings. The van der Waals surface area contributed by atoms with Crippen molar-refractivity contribution in [1.82, 2.24) is 14.5 Å². The Morgan fingerprint density at radius 2 is 2.24 bits per heavy atom. The molecule has 114 valence electrons. The molecule has 6 nitrogen and oxygen atoms in total. The van der Waals surface area contributed by atoms with E-state index < -0.39 is 5.97 Å². The van der Waals surface area contributed by atoms with Crippen LogP contribution >= 0.6 is 11.8 Å². The maximum absolute atomic E-state index is 10.8. The van der Waals surface area contributed by atoms with Gasteiger partial charge in [-0.2, -0.15) is 0 Å². The lowest BCUT2D eigenvalue weighted by atomic mass is 10.3. The highest BCUT2D eigenvalue weighted by Crippen LogP contribution is 2.29. The Balaban J connectivity index is 2.43. The van der Waals surface area contributed by atoms with Crippen LogP contribution in [0.25, 0.3) is 11.0 Å². The lowest BCUT2D eigenvalue weighted by molar-refractivity contribution is -0.133. The fraction of sp³-hybridized carbons (Fsp3) is 0.429. The Labute approximate surface area is 127 Å². The molecule has 1 N–H and O–H groups in total. The van der Waals surface area contributed by atoms with E-state index in [1.54, 1.807) is 7.11 Å². The minimum atomic E-state index is -0.849. The average Bonchev–Trinajstić information content (AvgIpc) is 2.80. The number of likely N-dealkylation sites (N-methyl/N-ethyl adjacent to an activating group) is 1. The molecule has 0 saturated carbocycles. The molecule has 0 spiro atoms. The summed E-state index contributed by atoms with van der Waals surface area (Å²) in [5.41, 5.74) is 1.73. The Morgan fingerprint density at radius 3 is 2.86 bits per heavy atom. The highest BCUT2D eigenvalue weighted by Gasteiger charge is 2.15. The van der Waals surface area contributed by atoms with E-state index in [0.717, 1.165) is 24.1 Å². The monoisotopic (exact) mass is 309 g/mol. The molecule has 0 bridgehead atoms. The lowest BCUT2D eigenvalue weighted by Gasteiger charge is -2.12. The normalized spacial score (nSPS) is 11.2. The van der Waals surface area contributed by atoms with Crippen molar-refractivity contribution in [3.05, 3.63) is 18.2 Å². The fourth-order valence-corrected chi connectivity index (χ4v) is 2.77. The largest absolute Gasteiger partial charge is 0.494 e. The summed E-state index contributed by atoms with van der Waals surface area (Å²) in [5, 5.41) is 9.58. The van der Waals surface area contributed by atoms with Gasteiger partial charge in [0.25, 0.3) is 0 Å². The summed E-state index contributed by atoms with van der Waals surface area (Å²) in [6.45, 7) is 1.60. The van der Waals surface area contributed by atoms with Crippen molar-refractivity contribution in [1.29, 1.82) is 0 Å². The molecule has 1 aromatic heterocycles. The number of methoxy groups -OCH3 is 1. The molecule has 0 radical (unpaired) electrons. The van der Waals surface area contributed by atoms with Gasteiger partial charge in [-0.1, -0.05) is 17.8 Å². The van der Waals surface area contributed by atoms with Gasteiger partial charge in [-0.05, 0) is 26.2 Å². The van der Waals surface area contributed by atoms with Crippen LogP contribution in [0.3, 0.4) is 0 Å². The first-order valence-corrected chi connectivity index (χ1v) is 7.54. The molecule has 0 fully saturated rings. The van der Waals surface area contributed by atoms with Gasteiger partial charge in [0.05, 0.1) is 18.4 Å². The van der Waals surface area contributed by atoms with Gasteiger partial charge in [0.2, 0.25) is 0 Å². The van der Waals surface area contributed by atoms with E-state index in [0.29, 0.717) is 10.9 Å². The number of thioether (sulfide) groups is 1. The molecule has 0 saturated heterocycles. The van der Waals surface area contributed by atoms with Crippen molar-refractivity contribution >= 4 is 28.8 Å². The quantitative estimate of drug-likeness (QED) is 0.786. The summed E-state index contributed by atoms with van der Waals surface area (Å²) in [6.07, 6.45) is 0. The standard InChI is InChI=1S/C14H19N3O3S/c1-16(2)7-8-17-10-5-4-6-11(20-3)13(10)15-14(17)21-9-12(18)19/h4-6H,7-9H2,1-3H3,(H,18,19). The molecule has 0 aliphatic heterocycles. The van der Waals surface area contributed by atoms with Gasteiger partial charge >= 0.3 is 5.97 Å². The SMILES string of the molecule is COc1cccc2c1nc(SCC(=O)O)n2CCN(C)C. The zero-order valence-electron chi connectivity index (χ0n) is 12.4. The number of carboxylic acid groups (broad SMARTS) is 1. The number of hydrogen-bond donors (Lipinski definition) is 1. The van der Waals surface area contributed by atoms with Gasteiger partial charge in [-0.3, -0.25) is 4.79 Å². The molecule has 0 aliphatic carbocycles. The zero-order valence-corrected chi connectivity index (χ0v) is 13.2. The Hall–Kier alpha value is -1.73. The summed E-state index contributed by atoms with van der Waals surface area (Å²) in [5.74, 6) is -0.153. The lowest BCUT2D eigenvalue weighted by Crippen LogP contribution is -2.19. The number of para-hydroxylation sites is 1. The Kier molecular flexibility index (Phi) is 5.08. The number of imidazole rings is 1. The highest BCUT2D eigenvalue weighted by molar-refractivity contribution is 7.99. The third-order valence-electron chi connectivity index (χ3n) is 3.02. The molecule has 1 heterocycles. The summed E-state index contributed by atoms with van der Waals surface area (Å²) in [7, 11) is 5.62. The smallest absolute Gasteiger partial charge is 0.313 e. The van der Waals surface area contributed by atoms with Gasteiger partial charge in [0.1, 0.15) is 11.3 Å². The van der Waals surface area contributed by atoms with Crippen molar-refractivity contribution in [2.45, 2.75) is 11.7 Å². The van der Waals surface area contributed by atoms with Crippen LogP contribution in [0.15, 0.2) is 23.4 Å². The second kappa shape index (κ2) is 6.82. The van der Waals surface area contributed by atoms with Gasteiger partial charge in [0, 0.05) is 13.1 Å². The van der Waals surface area contributed by atoms with E-state index in [-0.39, 0.29) is 5.75 Å². The number of aliphatic carboxylic acids is 1. The Bertz CT molecular complexity index is 640. The summed E-state index contributed by atoms with van der Waals surface area (Å²) >= 11 is 1.23. The number of hydrogen-bond acceptors (Lipinski definition) is 5. The minimum absolute atomic E-state index is 0.00635. The maximum Gasteiger partial charge on any atom is 0.313 e. The molecule has 0 unspecified atom stereocenters. The average molecular weight is 309 g/mol. The van der Waals surface area contributed by atoms with Crippen molar-refractivity contribution in [3.63, 3.8) is 0 Å². The number of rotatable bonds is 7. The fourth-order valence-electron chi connectivity index (χ4n) is 2.02. The van der Waals surface area contributed by atoms with Crippen molar-refractivity contribution < 1.29 is 14.6 Å². The van der Waals surface area contributed by atoms with Crippen LogP contribution in [-0.4, -0.2) is 59.0 Å². The summed E-state index contributed by atoms with van der Waals surface area (Å²) in [4.78, 5) is 17.4. The molecule has 1 aromatic carbocycles. The first kappa shape index (κ1) is 15.7. The van der Waals surface area contributed by atoms with E-state index >= 15 is 0 Å². The number of ether oxygens (including phenoxy) is 1. The molecule has 0 amide bonds. The number of fused-ring (bicyclic) bond motifs is 1. The van der Waals surface area contributed by atoms with E-state index in [4.69, 9.17) is 9.84 Å². The molecule has 21 heavy (non-hydrogen) atoms.